The van der Waals surface area contributed by atoms with Crippen LogP contribution in [-0.4, -0.2) is 52.2 Å². The van der Waals surface area contributed by atoms with Crippen LogP contribution in [0.15, 0.2) is 16.7 Å². The Labute approximate surface area is 170 Å². The summed E-state index contributed by atoms with van der Waals surface area (Å²) in [5.74, 6) is 1.68. The van der Waals surface area contributed by atoms with Gasteiger partial charge in [0.15, 0.2) is 0 Å². The fraction of sp³-hybridized carbons (Fsp3) is 0.619. The summed E-state index contributed by atoms with van der Waals surface area (Å²) < 4.78 is 11.2. The van der Waals surface area contributed by atoms with Gasteiger partial charge in [-0.2, -0.15) is 0 Å². The molecule has 2 saturated carbocycles. The number of pyridine rings is 1. The lowest BCUT2D eigenvalue weighted by molar-refractivity contribution is -0.133. The van der Waals surface area contributed by atoms with Crippen LogP contribution in [0, 0.1) is 5.41 Å². The van der Waals surface area contributed by atoms with Crippen molar-refractivity contribution in [3.63, 3.8) is 0 Å². The normalized spacial score (nSPS) is 21.1. The fourth-order valence-corrected chi connectivity index (χ4v) is 4.20. The highest BCUT2D eigenvalue weighted by Crippen LogP contribution is 2.53. The van der Waals surface area contributed by atoms with E-state index in [1.165, 1.54) is 12.8 Å². The van der Waals surface area contributed by atoms with Crippen LogP contribution in [-0.2, 0) is 4.79 Å². The number of carbonyl (C=O) groups is 1. The van der Waals surface area contributed by atoms with Gasteiger partial charge in [-0.1, -0.05) is 5.10 Å². The minimum absolute atomic E-state index is 0.0809. The SMILES string of the molecule is COc1cc(-c2nnc(N[C@H](C)C(=O)N3CCC4(CC3)CC4)o2)cnc1C1CC1. The van der Waals surface area contributed by atoms with Gasteiger partial charge in [-0.15, -0.1) is 5.10 Å². The lowest BCUT2D eigenvalue weighted by atomic mass is 9.93. The molecule has 1 saturated heterocycles. The van der Waals surface area contributed by atoms with Crippen LogP contribution in [0.1, 0.15) is 57.1 Å². The van der Waals surface area contributed by atoms with E-state index in [-0.39, 0.29) is 11.9 Å². The first-order chi connectivity index (χ1) is 14.1. The molecule has 0 bridgehead atoms. The number of likely N-dealkylation sites (tertiary alicyclic amines) is 1. The second-order valence-electron chi connectivity index (χ2n) is 8.69. The third-order valence-electron chi connectivity index (χ3n) is 6.54. The molecule has 0 radical (unpaired) electrons. The Morgan fingerprint density at radius 2 is 2.03 bits per heavy atom. The van der Waals surface area contributed by atoms with Gasteiger partial charge in [0.25, 0.3) is 5.89 Å². The van der Waals surface area contributed by atoms with Crippen molar-refractivity contribution in [1.29, 1.82) is 0 Å². The molecule has 154 valence electrons. The van der Waals surface area contributed by atoms with Gasteiger partial charge in [-0.05, 0) is 56.9 Å². The van der Waals surface area contributed by atoms with E-state index >= 15 is 0 Å². The third kappa shape index (κ3) is 3.68. The molecule has 3 heterocycles. The molecule has 1 aliphatic heterocycles. The summed E-state index contributed by atoms with van der Waals surface area (Å²) in [6.07, 6.45) is 8.96. The first kappa shape index (κ1) is 18.4. The number of amides is 1. The highest BCUT2D eigenvalue weighted by atomic mass is 16.5. The van der Waals surface area contributed by atoms with E-state index in [4.69, 9.17) is 9.15 Å². The topological polar surface area (TPSA) is 93.4 Å². The predicted octanol–water partition coefficient (Wildman–Crippen LogP) is 3.22. The Morgan fingerprint density at radius 1 is 1.28 bits per heavy atom. The fourth-order valence-electron chi connectivity index (χ4n) is 4.20. The molecule has 29 heavy (non-hydrogen) atoms. The zero-order valence-electron chi connectivity index (χ0n) is 17.0. The molecular weight excluding hydrogens is 370 g/mol. The van der Waals surface area contributed by atoms with E-state index in [1.54, 1.807) is 13.3 Å². The minimum atomic E-state index is -0.415. The van der Waals surface area contributed by atoms with Gasteiger partial charge in [0.05, 0.1) is 18.4 Å². The Kier molecular flexibility index (Phi) is 4.44. The molecule has 8 heteroatoms. The van der Waals surface area contributed by atoms with Crippen LogP contribution in [0.3, 0.4) is 0 Å². The molecule has 3 aliphatic rings. The summed E-state index contributed by atoms with van der Waals surface area (Å²) in [7, 11) is 1.65. The number of hydrogen-bond acceptors (Lipinski definition) is 7. The summed E-state index contributed by atoms with van der Waals surface area (Å²) in [5, 5.41) is 11.2. The van der Waals surface area contributed by atoms with E-state index in [1.807, 2.05) is 17.9 Å². The standard InChI is InChI=1S/C21H27N5O3/c1-13(19(27)26-9-7-21(5-6-21)8-10-26)23-20-25-24-18(29-20)15-11-16(28-2)17(22-12-15)14-3-4-14/h11-14H,3-10H2,1-2H3,(H,23,25)/t13-/m1/s1. The number of hydrogen-bond donors (Lipinski definition) is 1. The smallest absolute Gasteiger partial charge is 0.316 e. The molecule has 1 atom stereocenters. The first-order valence-electron chi connectivity index (χ1n) is 10.5. The number of carbonyl (C=O) groups excluding carboxylic acids is 1. The summed E-state index contributed by atoms with van der Waals surface area (Å²) >= 11 is 0. The molecule has 2 aromatic heterocycles. The van der Waals surface area contributed by atoms with Crippen molar-refractivity contribution in [3.8, 4) is 17.2 Å². The average Bonchev–Trinajstić information content (AvgIpc) is 3.68. The summed E-state index contributed by atoms with van der Waals surface area (Å²) in [5.41, 5.74) is 2.25. The molecule has 5 rings (SSSR count). The maximum atomic E-state index is 12.7. The van der Waals surface area contributed by atoms with Crippen molar-refractivity contribution in [2.24, 2.45) is 5.41 Å². The molecule has 2 aliphatic carbocycles. The van der Waals surface area contributed by atoms with Crippen molar-refractivity contribution in [3.05, 3.63) is 18.0 Å². The van der Waals surface area contributed by atoms with Crippen LogP contribution in [0.25, 0.3) is 11.5 Å². The molecule has 1 amide bonds. The highest BCUT2D eigenvalue weighted by molar-refractivity contribution is 5.83. The number of methoxy groups -OCH3 is 1. The van der Waals surface area contributed by atoms with E-state index in [2.05, 4.69) is 20.5 Å². The average molecular weight is 397 g/mol. The Hall–Kier alpha value is -2.64. The van der Waals surface area contributed by atoms with Gasteiger partial charge >= 0.3 is 6.01 Å². The zero-order chi connectivity index (χ0) is 20.0. The van der Waals surface area contributed by atoms with Gasteiger partial charge in [0.2, 0.25) is 5.91 Å². The summed E-state index contributed by atoms with van der Waals surface area (Å²) in [6.45, 7) is 3.53. The number of rotatable bonds is 6. The Balaban J connectivity index is 1.23. The van der Waals surface area contributed by atoms with Crippen LogP contribution >= 0.6 is 0 Å². The number of ether oxygens (including phenoxy) is 1. The molecule has 0 unspecified atom stereocenters. The number of aromatic nitrogens is 3. The van der Waals surface area contributed by atoms with Gasteiger partial charge < -0.3 is 19.4 Å². The van der Waals surface area contributed by atoms with E-state index < -0.39 is 6.04 Å². The maximum Gasteiger partial charge on any atom is 0.316 e. The van der Waals surface area contributed by atoms with Crippen LogP contribution in [0.4, 0.5) is 6.01 Å². The lowest BCUT2D eigenvalue weighted by Crippen LogP contribution is -2.45. The van der Waals surface area contributed by atoms with Crippen LogP contribution in [0.5, 0.6) is 5.75 Å². The molecule has 2 aromatic rings. The quantitative estimate of drug-likeness (QED) is 0.800. The van der Waals surface area contributed by atoms with Crippen molar-refractivity contribution in [1.82, 2.24) is 20.1 Å². The van der Waals surface area contributed by atoms with E-state index in [9.17, 15) is 4.79 Å². The largest absolute Gasteiger partial charge is 0.495 e. The van der Waals surface area contributed by atoms with Gasteiger partial charge in [-0.25, -0.2) is 0 Å². The number of piperidine rings is 1. The van der Waals surface area contributed by atoms with Gasteiger partial charge in [0.1, 0.15) is 11.8 Å². The third-order valence-corrected chi connectivity index (χ3v) is 6.54. The van der Waals surface area contributed by atoms with Gasteiger partial charge in [-0.3, -0.25) is 9.78 Å². The van der Waals surface area contributed by atoms with E-state index in [0.717, 1.165) is 50.2 Å². The maximum absolute atomic E-state index is 12.7. The predicted molar refractivity (Wildman–Crippen MR) is 107 cm³/mol. The minimum Gasteiger partial charge on any atom is -0.495 e. The molecule has 3 fully saturated rings. The summed E-state index contributed by atoms with van der Waals surface area (Å²) in [6, 6.07) is 1.71. The molecule has 8 nitrogen and oxygen atoms in total. The summed E-state index contributed by atoms with van der Waals surface area (Å²) in [4.78, 5) is 19.2. The van der Waals surface area contributed by atoms with E-state index in [0.29, 0.717) is 22.8 Å². The Bertz CT molecular complexity index is 909. The highest BCUT2D eigenvalue weighted by Gasteiger charge is 2.45. The van der Waals surface area contributed by atoms with Crippen molar-refractivity contribution in [2.75, 3.05) is 25.5 Å². The zero-order valence-corrected chi connectivity index (χ0v) is 17.0. The number of nitrogens with zero attached hydrogens (tertiary/aromatic N) is 4. The van der Waals surface area contributed by atoms with Crippen molar-refractivity contribution < 1.29 is 13.9 Å². The Morgan fingerprint density at radius 3 is 2.69 bits per heavy atom. The van der Waals surface area contributed by atoms with Crippen molar-refractivity contribution >= 4 is 11.9 Å². The number of anilines is 1. The lowest BCUT2D eigenvalue weighted by Gasteiger charge is -2.33. The van der Waals surface area contributed by atoms with Crippen molar-refractivity contribution in [2.45, 2.75) is 57.4 Å². The molecule has 0 aromatic carbocycles. The molecular formula is C21H27N5O3. The first-order valence-corrected chi connectivity index (χ1v) is 10.5. The number of nitrogens with one attached hydrogen (secondary N) is 1. The second-order valence-corrected chi connectivity index (χ2v) is 8.69. The monoisotopic (exact) mass is 397 g/mol. The van der Waals surface area contributed by atoms with Crippen LogP contribution < -0.4 is 10.1 Å². The second kappa shape index (κ2) is 7.00. The molecule has 1 spiro atoms. The van der Waals surface area contributed by atoms with Gasteiger partial charge in [0, 0.05) is 25.2 Å². The van der Waals surface area contributed by atoms with Crippen LogP contribution in [0.2, 0.25) is 0 Å². The molecule has 1 N–H and O–H groups in total.